The molecule has 8 nitrogen and oxygen atoms in total. The van der Waals surface area contributed by atoms with Gasteiger partial charge in [-0.1, -0.05) is 36.4 Å². The Morgan fingerprint density at radius 1 is 0.905 bits per heavy atom. The van der Waals surface area contributed by atoms with E-state index in [-0.39, 0.29) is 48.5 Å². The fraction of sp³-hybridized carbons (Fsp3) is 0.452. The lowest BCUT2D eigenvalue weighted by Gasteiger charge is -2.33. The van der Waals surface area contributed by atoms with Gasteiger partial charge in [0.2, 0.25) is 0 Å². The summed E-state index contributed by atoms with van der Waals surface area (Å²) < 4.78 is 42.8. The average molecular weight is 582 g/mol. The van der Waals surface area contributed by atoms with E-state index >= 15 is 0 Å². The highest BCUT2D eigenvalue weighted by Gasteiger charge is 2.40. The van der Waals surface area contributed by atoms with Gasteiger partial charge in [-0.05, 0) is 49.8 Å². The van der Waals surface area contributed by atoms with Gasteiger partial charge in [-0.2, -0.15) is 18.3 Å². The predicted octanol–water partition coefficient (Wildman–Crippen LogP) is 5.77. The molecule has 3 fully saturated rings. The Labute approximate surface area is 242 Å². The number of likely N-dealkylation sites (tertiary alicyclic amines) is 2. The van der Waals surface area contributed by atoms with Crippen LogP contribution in [0.5, 0.6) is 0 Å². The number of anilines is 1. The van der Waals surface area contributed by atoms with Crippen LogP contribution in [0.1, 0.15) is 82.7 Å². The molecule has 6 rings (SSSR count). The quantitative estimate of drug-likeness (QED) is 0.387. The zero-order chi connectivity index (χ0) is 29.4. The third-order valence-corrected chi connectivity index (χ3v) is 8.74. The molecule has 222 valence electrons. The number of halogens is 3. The van der Waals surface area contributed by atoms with Crippen LogP contribution in [-0.4, -0.2) is 62.8 Å². The molecule has 2 N–H and O–H groups in total. The van der Waals surface area contributed by atoms with Crippen LogP contribution in [0.15, 0.2) is 54.7 Å². The van der Waals surface area contributed by atoms with Crippen molar-refractivity contribution in [1.29, 1.82) is 0 Å². The van der Waals surface area contributed by atoms with E-state index in [0.29, 0.717) is 55.7 Å². The number of aliphatic hydroxyl groups is 1. The number of piperidine rings is 1. The third kappa shape index (κ3) is 5.62. The van der Waals surface area contributed by atoms with Gasteiger partial charge in [0.1, 0.15) is 0 Å². The summed E-state index contributed by atoms with van der Waals surface area (Å²) in [5.41, 5.74) is 2.31. The summed E-state index contributed by atoms with van der Waals surface area (Å²) in [6.45, 7) is 1.53. The van der Waals surface area contributed by atoms with Crippen LogP contribution < -0.4 is 5.32 Å². The second kappa shape index (κ2) is 11.4. The van der Waals surface area contributed by atoms with Gasteiger partial charge in [0.25, 0.3) is 5.91 Å². The molecule has 2 aliphatic heterocycles. The zero-order valence-electron chi connectivity index (χ0n) is 23.2. The maximum atomic E-state index is 13.7. The van der Waals surface area contributed by atoms with Crippen LogP contribution in [0.4, 0.5) is 23.7 Å². The molecule has 0 spiro atoms. The molecule has 1 aliphatic carbocycles. The molecule has 3 heterocycles. The van der Waals surface area contributed by atoms with Crippen LogP contribution >= 0.6 is 0 Å². The van der Waals surface area contributed by atoms with Gasteiger partial charge in [-0.25, -0.2) is 4.79 Å². The lowest BCUT2D eigenvalue weighted by Crippen LogP contribution is -2.42. The molecule has 2 aromatic carbocycles. The first-order valence-electron chi connectivity index (χ1n) is 14.5. The summed E-state index contributed by atoms with van der Waals surface area (Å²) in [7, 11) is 0. The van der Waals surface area contributed by atoms with Gasteiger partial charge in [0.05, 0.1) is 35.7 Å². The highest BCUT2D eigenvalue weighted by molar-refractivity contribution is 5.95. The van der Waals surface area contributed by atoms with Gasteiger partial charge in [0.15, 0.2) is 0 Å². The molecule has 11 heteroatoms. The lowest BCUT2D eigenvalue weighted by molar-refractivity contribution is -0.138. The molecule has 3 amide bonds. The predicted molar refractivity (Wildman–Crippen MR) is 150 cm³/mol. The minimum Gasteiger partial charge on any atom is -0.392 e. The van der Waals surface area contributed by atoms with Crippen molar-refractivity contribution in [2.45, 2.75) is 62.8 Å². The maximum absolute atomic E-state index is 13.7. The van der Waals surface area contributed by atoms with Crippen molar-refractivity contribution in [2.24, 2.45) is 0 Å². The molecule has 1 aromatic heterocycles. The minimum absolute atomic E-state index is 0.0425. The van der Waals surface area contributed by atoms with Crippen molar-refractivity contribution < 1.29 is 27.9 Å². The standard InChI is InChI=1S/C31H34F3N5O3/c32-31(33,34)26-7-3-2-6-24(26)21-11-14-38(18-21)29(41)25-17-35-39(28(25)20-9-10-20)23-12-15-37(16-13-23)30(42)36-27-8-4-1-5-22(27)19-40/h1-8,17,20-21,23,40H,9-16,18-19H2,(H,36,42)/t21-/m1/s1. The number of carbonyl (C=O) groups excluding carboxylic acids is 2. The summed E-state index contributed by atoms with van der Waals surface area (Å²) in [6, 6.07) is 12.6. The maximum Gasteiger partial charge on any atom is 0.416 e. The Bertz CT molecular complexity index is 1460. The molecular weight excluding hydrogens is 547 g/mol. The Hall–Kier alpha value is -3.86. The van der Waals surface area contributed by atoms with E-state index in [9.17, 15) is 27.9 Å². The molecule has 1 atom stereocenters. The monoisotopic (exact) mass is 581 g/mol. The van der Waals surface area contributed by atoms with Crippen LogP contribution in [0.3, 0.4) is 0 Å². The highest BCUT2D eigenvalue weighted by atomic mass is 19.4. The number of nitrogens with one attached hydrogen (secondary N) is 1. The van der Waals surface area contributed by atoms with Gasteiger partial charge in [0, 0.05) is 49.3 Å². The summed E-state index contributed by atoms with van der Waals surface area (Å²) in [6.07, 6.45) is 0.980. The number of hydrogen-bond acceptors (Lipinski definition) is 4. The van der Waals surface area contributed by atoms with Crippen molar-refractivity contribution in [3.05, 3.63) is 82.7 Å². The number of rotatable bonds is 6. The lowest BCUT2D eigenvalue weighted by atomic mass is 9.93. The number of alkyl halides is 3. The third-order valence-electron chi connectivity index (χ3n) is 8.74. The first kappa shape index (κ1) is 28.3. The second-order valence-corrected chi connectivity index (χ2v) is 11.4. The first-order valence-corrected chi connectivity index (χ1v) is 14.5. The SMILES string of the molecule is O=C(Nc1ccccc1CO)N1CCC(n2ncc(C(=O)N3CC[C@@H](c4ccccc4C(F)(F)F)C3)c2C2CC2)CC1. The topological polar surface area (TPSA) is 90.7 Å². The largest absolute Gasteiger partial charge is 0.416 e. The van der Waals surface area contributed by atoms with Crippen LogP contribution in [0.25, 0.3) is 0 Å². The summed E-state index contributed by atoms with van der Waals surface area (Å²) in [5, 5.41) is 17.1. The van der Waals surface area contributed by atoms with E-state index in [1.807, 2.05) is 10.7 Å². The van der Waals surface area contributed by atoms with Crippen LogP contribution in [0, 0.1) is 0 Å². The number of hydrogen-bond donors (Lipinski definition) is 2. The first-order chi connectivity index (χ1) is 20.2. The molecule has 0 radical (unpaired) electrons. The molecule has 1 saturated carbocycles. The van der Waals surface area contributed by atoms with Crippen molar-refractivity contribution in [3.63, 3.8) is 0 Å². The number of aromatic nitrogens is 2. The molecule has 0 unspecified atom stereocenters. The van der Waals surface area contributed by atoms with Gasteiger partial charge >= 0.3 is 12.2 Å². The van der Waals surface area contributed by atoms with Crippen LogP contribution in [-0.2, 0) is 12.8 Å². The fourth-order valence-corrected chi connectivity index (χ4v) is 6.36. The van der Waals surface area contributed by atoms with Crippen molar-refractivity contribution in [3.8, 4) is 0 Å². The molecule has 3 aromatic rings. The second-order valence-electron chi connectivity index (χ2n) is 11.4. The van der Waals surface area contributed by atoms with E-state index in [1.165, 1.54) is 12.1 Å². The Morgan fingerprint density at radius 3 is 2.31 bits per heavy atom. The number of amides is 3. The minimum atomic E-state index is -4.44. The van der Waals surface area contributed by atoms with E-state index in [2.05, 4.69) is 10.4 Å². The molecule has 2 saturated heterocycles. The summed E-state index contributed by atoms with van der Waals surface area (Å²) >= 11 is 0. The number of aliphatic hydroxyl groups excluding tert-OH is 1. The molecule has 42 heavy (non-hydrogen) atoms. The number of nitrogens with zero attached hydrogens (tertiary/aromatic N) is 4. The number of para-hydroxylation sites is 1. The number of urea groups is 1. The highest BCUT2D eigenvalue weighted by Crippen LogP contribution is 2.44. The average Bonchev–Trinajstić information content (AvgIpc) is 3.54. The number of benzene rings is 2. The van der Waals surface area contributed by atoms with Crippen molar-refractivity contribution in [1.82, 2.24) is 19.6 Å². The summed E-state index contributed by atoms with van der Waals surface area (Å²) in [4.78, 5) is 30.0. The molecular formula is C31H34F3N5O3. The summed E-state index contributed by atoms with van der Waals surface area (Å²) in [5.74, 6) is -0.298. The van der Waals surface area contributed by atoms with Crippen LogP contribution in [0.2, 0.25) is 0 Å². The van der Waals surface area contributed by atoms with Crippen molar-refractivity contribution in [2.75, 3.05) is 31.5 Å². The van der Waals surface area contributed by atoms with Crippen molar-refractivity contribution >= 4 is 17.6 Å². The van der Waals surface area contributed by atoms with Gasteiger partial charge in [-0.15, -0.1) is 0 Å². The molecule has 3 aliphatic rings. The number of carbonyl (C=O) groups is 2. The Balaban J connectivity index is 1.13. The Morgan fingerprint density at radius 2 is 1.60 bits per heavy atom. The van der Waals surface area contributed by atoms with Gasteiger partial charge < -0.3 is 20.2 Å². The van der Waals surface area contributed by atoms with E-state index in [4.69, 9.17) is 0 Å². The van der Waals surface area contributed by atoms with E-state index in [1.54, 1.807) is 40.3 Å². The smallest absolute Gasteiger partial charge is 0.392 e. The molecule has 0 bridgehead atoms. The fourth-order valence-electron chi connectivity index (χ4n) is 6.36. The zero-order valence-corrected chi connectivity index (χ0v) is 23.2. The Kier molecular flexibility index (Phi) is 7.69. The van der Waals surface area contributed by atoms with E-state index < -0.39 is 11.7 Å². The van der Waals surface area contributed by atoms with Gasteiger partial charge in [-0.3, -0.25) is 9.48 Å². The van der Waals surface area contributed by atoms with E-state index in [0.717, 1.165) is 24.6 Å². The normalized spacial score (nSPS) is 19.8.